The molecule has 19 heavy (non-hydrogen) atoms. The van der Waals surface area contributed by atoms with E-state index in [4.69, 9.17) is 0 Å². The van der Waals surface area contributed by atoms with E-state index in [0.717, 1.165) is 12.8 Å². The number of hydrogen-bond acceptors (Lipinski definition) is 2. The van der Waals surface area contributed by atoms with Crippen molar-refractivity contribution in [2.45, 2.75) is 44.9 Å². The van der Waals surface area contributed by atoms with Gasteiger partial charge in [-0.3, -0.25) is 10.2 Å². The van der Waals surface area contributed by atoms with Crippen LogP contribution in [-0.2, 0) is 10.2 Å². The van der Waals surface area contributed by atoms with Crippen molar-refractivity contribution in [1.82, 2.24) is 10.4 Å². The van der Waals surface area contributed by atoms with Crippen LogP contribution in [-0.4, -0.2) is 25.0 Å². The third-order valence-electron chi connectivity index (χ3n) is 3.95. The molecule has 1 saturated carbocycles. The third kappa shape index (κ3) is 2.66. The molecular weight excluding hydrogens is 236 g/mol. The van der Waals surface area contributed by atoms with Crippen LogP contribution in [0.25, 0.3) is 0 Å². The monoisotopic (exact) mass is 260 g/mol. The highest BCUT2D eigenvalue weighted by Crippen LogP contribution is 2.50. The molecule has 104 valence electrons. The average Bonchev–Trinajstić information content (AvgIpc) is 3.09. The van der Waals surface area contributed by atoms with Gasteiger partial charge < -0.3 is 0 Å². The van der Waals surface area contributed by atoms with Crippen molar-refractivity contribution in [3.8, 4) is 0 Å². The van der Waals surface area contributed by atoms with Gasteiger partial charge >= 0.3 is 0 Å². The van der Waals surface area contributed by atoms with Crippen molar-refractivity contribution in [3.05, 3.63) is 34.9 Å². The maximum absolute atomic E-state index is 12.4. The Hall–Kier alpha value is -1.35. The van der Waals surface area contributed by atoms with E-state index in [-0.39, 0.29) is 11.3 Å². The molecule has 1 aromatic rings. The fourth-order valence-electron chi connectivity index (χ4n) is 2.57. The van der Waals surface area contributed by atoms with E-state index in [9.17, 15) is 4.79 Å². The predicted octanol–water partition coefficient (Wildman–Crippen LogP) is 2.74. The molecule has 2 rings (SSSR count). The van der Waals surface area contributed by atoms with Gasteiger partial charge in [-0.1, -0.05) is 32.0 Å². The number of carbonyl (C=O) groups excluding carboxylic acids is 1. The molecule has 1 aliphatic carbocycles. The lowest BCUT2D eigenvalue weighted by Gasteiger charge is -2.22. The summed E-state index contributed by atoms with van der Waals surface area (Å²) in [5.41, 5.74) is 6.36. The van der Waals surface area contributed by atoms with Crippen molar-refractivity contribution in [2.24, 2.45) is 0 Å². The van der Waals surface area contributed by atoms with E-state index in [2.05, 4.69) is 44.4 Å². The second-order valence-electron chi connectivity index (χ2n) is 6.15. The van der Waals surface area contributed by atoms with Gasteiger partial charge in [-0.15, -0.1) is 0 Å². The zero-order valence-electron chi connectivity index (χ0n) is 12.6. The molecule has 0 spiro atoms. The topological polar surface area (TPSA) is 32.3 Å². The highest BCUT2D eigenvalue weighted by molar-refractivity contribution is 5.91. The van der Waals surface area contributed by atoms with Crippen LogP contribution < -0.4 is 5.43 Å². The van der Waals surface area contributed by atoms with Crippen LogP contribution in [0, 0.1) is 6.92 Å². The predicted molar refractivity (Wildman–Crippen MR) is 78.0 cm³/mol. The first-order valence-electron chi connectivity index (χ1n) is 6.96. The number of hydrazine groups is 1. The Bertz CT molecular complexity index is 488. The first-order valence-corrected chi connectivity index (χ1v) is 6.96. The maximum atomic E-state index is 12.4. The molecule has 0 heterocycles. The average molecular weight is 260 g/mol. The number of nitrogens with zero attached hydrogens (tertiary/aromatic N) is 1. The third-order valence-corrected chi connectivity index (χ3v) is 3.95. The standard InChI is InChI=1S/C16H24N2O/c1-11(2)13-7-6-12(3)14(10-13)16(8-9-16)15(19)17-18(4)5/h6-7,10-11H,8-9H2,1-5H3,(H,17,19). The highest BCUT2D eigenvalue weighted by atomic mass is 16.2. The van der Waals surface area contributed by atoms with E-state index in [0.29, 0.717) is 5.92 Å². The minimum Gasteiger partial charge on any atom is -0.289 e. The molecule has 0 bridgehead atoms. The van der Waals surface area contributed by atoms with Crippen LogP contribution in [0.2, 0.25) is 0 Å². The van der Waals surface area contributed by atoms with Gasteiger partial charge in [-0.25, -0.2) is 5.01 Å². The smallest absolute Gasteiger partial charge is 0.244 e. The van der Waals surface area contributed by atoms with Crippen LogP contribution in [0.5, 0.6) is 0 Å². The summed E-state index contributed by atoms with van der Waals surface area (Å²) in [5.74, 6) is 0.619. The molecule has 1 amide bonds. The molecule has 3 nitrogen and oxygen atoms in total. The van der Waals surface area contributed by atoms with Gasteiger partial charge in [0.25, 0.3) is 0 Å². The molecule has 0 radical (unpaired) electrons. The van der Waals surface area contributed by atoms with Crippen molar-refractivity contribution >= 4 is 5.91 Å². The van der Waals surface area contributed by atoms with Gasteiger partial charge in [0.2, 0.25) is 5.91 Å². The normalized spacial score (nSPS) is 16.8. The number of nitrogens with one attached hydrogen (secondary N) is 1. The van der Waals surface area contributed by atoms with E-state index in [1.54, 1.807) is 5.01 Å². The highest BCUT2D eigenvalue weighted by Gasteiger charge is 2.52. The summed E-state index contributed by atoms with van der Waals surface area (Å²) in [4.78, 5) is 12.4. The Morgan fingerprint density at radius 2 is 1.95 bits per heavy atom. The largest absolute Gasteiger partial charge is 0.289 e. The van der Waals surface area contributed by atoms with Gasteiger partial charge in [0.1, 0.15) is 0 Å². The number of amides is 1. The second-order valence-corrected chi connectivity index (χ2v) is 6.15. The molecule has 0 aliphatic heterocycles. The molecule has 1 fully saturated rings. The van der Waals surface area contributed by atoms with Crippen LogP contribution in [0.3, 0.4) is 0 Å². The van der Waals surface area contributed by atoms with Gasteiger partial charge in [-0.05, 0) is 42.4 Å². The first-order chi connectivity index (χ1) is 8.86. The zero-order valence-corrected chi connectivity index (χ0v) is 12.6. The number of aryl methyl sites for hydroxylation is 1. The molecular formula is C16H24N2O. The van der Waals surface area contributed by atoms with Gasteiger partial charge in [0.05, 0.1) is 5.41 Å². The lowest BCUT2D eigenvalue weighted by molar-refractivity contribution is -0.127. The number of hydrogen-bond donors (Lipinski definition) is 1. The maximum Gasteiger partial charge on any atom is 0.244 e. The summed E-state index contributed by atoms with van der Waals surface area (Å²) >= 11 is 0. The molecule has 0 atom stereocenters. The number of rotatable bonds is 4. The lowest BCUT2D eigenvalue weighted by atomic mass is 9.87. The Balaban J connectivity index is 2.35. The minimum absolute atomic E-state index is 0.126. The fourth-order valence-corrected chi connectivity index (χ4v) is 2.57. The van der Waals surface area contributed by atoms with E-state index in [1.807, 2.05) is 14.1 Å². The van der Waals surface area contributed by atoms with Crippen molar-refractivity contribution in [1.29, 1.82) is 0 Å². The quantitative estimate of drug-likeness (QED) is 0.844. The summed E-state index contributed by atoms with van der Waals surface area (Å²) in [5, 5.41) is 1.73. The lowest BCUT2D eigenvalue weighted by Crippen LogP contribution is -2.43. The Morgan fingerprint density at radius 1 is 1.32 bits per heavy atom. The van der Waals surface area contributed by atoms with Gasteiger partial charge in [-0.2, -0.15) is 0 Å². The summed E-state index contributed by atoms with van der Waals surface area (Å²) in [6.45, 7) is 6.48. The van der Waals surface area contributed by atoms with Crippen molar-refractivity contribution < 1.29 is 4.79 Å². The summed E-state index contributed by atoms with van der Waals surface area (Å²) in [6, 6.07) is 6.54. The van der Waals surface area contributed by atoms with Crippen LogP contribution in [0.4, 0.5) is 0 Å². The van der Waals surface area contributed by atoms with Crippen molar-refractivity contribution in [3.63, 3.8) is 0 Å². The van der Waals surface area contributed by atoms with E-state index >= 15 is 0 Å². The van der Waals surface area contributed by atoms with Crippen molar-refractivity contribution in [2.75, 3.05) is 14.1 Å². The van der Waals surface area contributed by atoms with E-state index in [1.165, 1.54) is 16.7 Å². The summed E-state index contributed by atoms with van der Waals surface area (Å²) in [7, 11) is 3.71. The summed E-state index contributed by atoms with van der Waals surface area (Å²) < 4.78 is 0. The molecule has 1 N–H and O–H groups in total. The molecule has 1 aromatic carbocycles. The Labute approximate surface area is 116 Å². The zero-order chi connectivity index (χ0) is 14.2. The molecule has 0 unspecified atom stereocenters. The number of carbonyl (C=O) groups is 1. The second kappa shape index (κ2) is 4.97. The van der Waals surface area contributed by atoms with Gasteiger partial charge in [0, 0.05) is 14.1 Å². The number of benzene rings is 1. The first kappa shape index (κ1) is 14.1. The van der Waals surface area contributed by atoms with Gasteiger partial charge in [0.15, 0.2) is 0 Å². The van der Waals surface area contributed by atoms with Crippen LogP contribution >= 0.6 is 0 Å². The Morgan fingerprint density at radius 3 is 2.42 bits per heavy atom. The molecule has 0 aromatic heterocycles. The summed E-state index contributed by atoms with van der Waals surface area (Å²) in [6.07, 6.45) is 1.91. The molecule has 3 heteroatoms. The Kier molecular flexibility index (Phi) is 3.68. The van der Waals surface area contributed by atoms with E-state index < -0.39 is 0 Å². The molecule has 1 aliphatic rings. The fraction of sp³-hybridized carbons (Fsp3) is 0.562. The SMILES string of the molecule is Cc1ccc(C(C)C)cc1C1(C(=O)NN(C)C)CC1. The molecule has 0 saturated heterocycles. The van der Waals surface area contributed by atoms with Crippen LogP contribution in [0.1, 0.15) is 49.3 Å². The minimum atomic E-state index is -0.292. The van der Waals surface area contributed by atoms with Crippen LogP contribution in [0.15, 0.2) is 18.2 Å².